The van der Waals surface area contributed by atoms with Crippen molar-refractivity contribution < 1.29 is 13.2 Å². The summed E-state index contributed by atoms with van der Waals surface area (Å²) in [5.74, 6) is 0.798. The highest BCUT2D eigenvalue weighted by molar-refractivity contribution is 7.89. The molecular weight excluding hydrogens is 406 g/mol. The van der Waals surface area contributed by atoms with Gasteiger partial charge in [0.15, 0.2) is 5.65 Å². The first-order valence-electron chi connectivity index (χ1n) is 9.56. The number of anilines is 1. The van der Waals surface area contributed by atoms with Gasteiger partial charge in [0.05, 0.1) is 11.3 Å². The van der Waals surface area contributed by atoms with Crippen molar-refractivity contribution in [3.05, 3.63) is 48.3 Å². The summed E-state index contributed by atoms with van der Waals surface area (Å²) in [5, 5.41) is 12.3. The topological polar surface area (TPSA) is 104 Å². The summed E-state index contributed by atoms with van der Waals surface area (Å²) in [7, 11) is -0.548. The number of hydrogen-bond donors (Lipinski definition) is 0. The van der Waals surface area contributed by atoms with Gasteiger partial charge in [0.1, 0.15) is 12.1 Å². The molecule has 158 valence electrons. The molecular formula is C19H23N7O3S. The van der Waals surface area contributed by atoms with E-state index < -0.39 is 10.0 Å². The first-order chi connectivity index (χ1) is 14.3. The molecule has 10 nitrogen and oxygen atoms in total. The number of nitrogens with zero attached hydrogens (tertiary/aromatic N) is 7. The van der Waals surface area contributed by atoms with Crippen LogP contribution in [0.2, 0.25) is 0 Å². The Morgan fingerprint density at radius 3 is 2.60 bits per heavy atom. The molecule has 30 heavy (non-hydrogen) atoms. The highest BCUT2D eigenvalue weighted by Gasteiger charge is 2.23. The fourth-order valence-corrected chi connectivity index (χ4v) is 4.36. The Morgan fingerprint density at radius 2 is 1.87 bits per heavy atom. The fourth-order valence-electron chi connectivity index (χ4n) is 3.39. The number of carbonyl (C=O) groups is 1. The van der Waals surface area contributed by atoms with Crippen LogP contribution in [0.4, 0.5) is 5.82 Å². The molecule has 0 radical (unpaired) electrons. The molecule has 0 N–H and O–H groups in total. The van der Waals surface area contributed by atoms with Crippen LogP contribution in [-0.2, 0) is 21.2 Å². The molecule has 0 spiro atoms. The third-order valence-electron chi connectivity index (χ3n) is 5.14. The van der Waals surface area contributed by atoms with Gasteiger partial charge in [-0.15, -0.1) is 15.3 Å². The van der Waals surface area contributed by atoms with Crippen LogP contribution in [0.1, 0.15) is 5.56 Å². The molecule has 1 fully saturated rings. The number of carbonyl (C=O) groups excluding carboxylic acids is 1. The van der Waals surface area contributed by atoms with Gasteiger partial charge in [0, 0.05) is 40.3 Å². The Labute approximate surface area is 174 Å². The van der Waals surface area contributed by atoms with Crippen molar-refractivity contribution in [3.63, 3.8) is 0 Å². The third kappa shape index (κ3) is 3.98. The maximum Gasteiger partial charge on any atom is 0.242 e. The summed E-state index contributed by atoms with van der Waals surface area (Å²) in [5.41, 5.74) is 1.37. The first kappa shape index (κ1) is 20.2. The van der Waals surface area contributed by atoms with Gasteiger partial charge in [-0.25, -0.2) is 12.7 Å². The lowest BCUT2D eigenvalue weighted by atomic mass is 10.1. The van der Waals surface area contributed by atoms with E-state index in [9.17, 15) is 13.2 Å². The molecule has 3 heterocycles. The number of rotatable bonds is 5. The standard InChI is InChI=1S/C19H23N7O3S/c1-23(2)30(28,29)16-5-3-4-15(12-16)13-19(27)25-10-8-24(9-11-25)18-7-6-17-21-20-14-26(17)22-18/h3-7,12,14H,8-11,13H2,1-2H3. The van der Waals surface area contributed by atoms with Crippen LogP contribution in [0.5, 0.6) is 0 Å². The number of fused-ring (bicyclic) bond motifs is 1. The Kier molecular flexibility index (Phi) is 5.39. The number of aromatic nitrogens is 4. The third-order valence-corrected chi connectivity index (χ3v) is 6.95. The zero-order valence-electron chi connectivity index (χ0n) is 16.8. The van der Waals surface area contributed by atoms with E-state index in [1.165, 1.54) is 18.4 Å². The fraction of sp³-hybridized carbons (Fsp3) is 0.368. The van der Waals surface area contributed by atoms with Crippen LogP contribution >= 0.6 is 0 Å². The van der Waals surface area contributed by atoms with E-state index in [2.05, 4.69) is 20.2 Å². The van der Waals surface area contributed by atoms with Gasteiger partial charge < -0.3 is 9.80 Å². The normalized spacial score (nSPS) is 15.2. The second kappa shape index (κ2) is 8.00. The van der Waals surface area contributed by atoms with Gasteiger partial charge in [0.2, 0.25) is 15.9 Å². The SMILES string of the molecule is CN(C)S(=O)(=O)c1cccc(CC(=O)N2CCN(c3ccc4nncn4n3)CC2)c1. The van der Waals surface area contributed by atoms with Crippen molar-refractivity contribution in [2.24, 2.45) is 0 Å². The van der Waals surface area contributed by atoms with Crippen LogP contribution in [-0.4, -0.2) is 83.6 Å². The lowest BCUT2D eigenvalue weighted by Crippen LogP contribution is -2.49. The summed E-state index contributed by atoms with van der Waals surface area (Å²) in [4.78, 5) is 16.9. The van der Waals surface area contributed by atoms with E-state index in [1.807, 2.05) is 12.1 Å². The summed E-state index contributed by atoms with van der Waals surface area (Å²) < 4.78 is 27.4. The Bertz CT molecular complexity index is 1170. The van der Waals surface area contributed by atoms with Crippen molar-refractivity contribution in [3.8, 4) is 0 Å². The second-order valence-electron chi connectivity index (χ2n) is 7.30. The smallest absolute Gasteiger partial charge is 0.242 e. The Balaban J connectivity index is 1.39. The van der Waals surface area contributed by atoms with Crippen LogP contribution in [0, 0.1) is 0 Å². The van der Waals surface area contributed by atoms with Gasteiger partial charge in [-0.3, -0.25) is 4.79 Å². The molecule has 0 bridgehead atoms. The quantitative estimate of drug-likeness (QED) is 0.573. The molecule has 0 atom stereocenters. The molecule has 1 aliphatic heterocycles. The van der Waals surface area contributed by atoms with Gasteiger partial charge >= 0.3 is 0 Å². The van der Waals surface area contributed by atoms with Gasteiger partial charge in [0.25, 0.3) is 0 Å². The lowest BCUT2D eigenvalue weighted by molar-refractivity contribution is -0.130. The van der Waals surface area contributed by atoms with E-state index in [0.29, 0.717) is 37.4 Å². The molecule has 1 amide bonds. The summed E-state index contributed by atoms with van der Waals surface area (Å²) in [6.45, 7) is 2.50. The van der Waals surface area contributed by atoms with Crippen molar-refractivity contribution in [2.45, 2.75) is 11.3 Å². The van der Waals surface area contributed by atoms with Crippen LogP contribution < -0.4 is 4.90 Å². The second-order valence-corrected chi connectivity index (χ2v) is 9.46. The summed E-state index contributed by atoms with van der Waals surface area (Å²) in [6.07, 6.45) is 1.73. The molecule has 11 heteroatoms. The van der Waals surface area contributed by atoms with Crippen LogP contribution in [0.15, 0.2) is 47.6 Å². The van der Waals surface area contributed by atoms with Crippen molar-refractivity contribution in [2.75, 3.05) is 45.2 Å². The Morgan fingerprint density at radius 1 is 1.10 bits per heavy atom. The molecule has 0 aliphatic carbocycles. The minimum atomic E-state index is -3.53. The van der Waals surface area contributed by atoms with E-state index in [-0.39, 0.29) is 17.2 Å². The van der Waals surface area contributed by atoms with E-state index in [0.717, 1.165) is 5.82 Å². The van der Waals surface area contributed by atoms with E-state index in [1.54, 1.807) is 40.0 Å². The van der Waals surface area contributed by atoms with Gasteiger partial charge in [-0.2, -0.15) is 4.52 Å². The minimum absolute atomic E-state index is 0.0173. The molecule has 4 rings (SSSR count). The van der Waals surface area contributed by atoms with Crippen molar-refractivity contribution >= 4 is 27.4 Å². The molecule has 1 aromatic carbocycles. The van der Waals surface area contributed by atoms with Crippen molar-refractivity contribution in [1.82, 2.24) is 29.0 Å². The molecule has 2 aromatic heterocycles. The predicted molar refractivity (Wildman–Crippen MR) is 111 cm³/mol. The maximum absolute atomic E-state index is 12.8. The average molecular weight is 430 g/mol. The monoisotopic (exact) mass is 429 g/mol. The molecule has 0 saturated carbocycles. The molecule has 0 unspecified atom stereocenters. The zero-order chi connectivity index (χ0) is 21.3. The number of sulfonamides is 1. The maximum atomic E-state index is 12.8. The highest BCUT2D eigenvalue weighted by atomic mass is 32.2. The summed E-state index contributed by atoms with van der Waals surface area (Å²) >= 11 is 0. The number of piperazine rings is 1. The first-order valence-corrected chi connectivity index (χ1v) is 11.0. The van der Waals surface area contributed by atoms with Crippen molar-refractivity contribution in [1.29, 1.82) is 0 Å². The lowest BCUT2D eigenvalue weighted by Gasteiger charge is -2.35. The number of amides is 1. The summed E-state index contributed by atoms with van der Waals surface area (Å²) in [6, 6.07) is 10.3. The van der Waals surface area contributed by atoms with Crippen LogP contribution in [0.3, 0.4) is 0 Å². The number of benzene rings is 1. The van der Waals surface area contributed by atoms with E-state index >= 15 is 0 Å². The van der Waals surface area contributed by atoms with E-state index in [4.69, 9.17) is 0 Å². The van der Waals surface area contributed by atoms with Gasteiger partial charge in [-0.1, -0.05) is 12.1 Å². The molecule has 3 aromatic rings. The zero-order valence-corrected chi connectivity index (χ0v) is 17.7. The number of hydrogen-bond acceptors (Lipinski definition) is 7. The van der Waals surface area contributed by atoms with Gasteiger partial charge in [-0.05, 0) is 29.8 Å². The Hall–Kier alpha value is -3.05. The molecule has 1 aliphatic rings. The highest BCUT2D eigenvalue weighted by Crippen LogP contribution is 2.17. The van der Waals surface area contributed by atoms with Crippen LogP contribution in [0.25, 0.3) is 5.65 Å². The average Bonchev–Trinajstić information content (AvgIpc) is 3.22. The largest absolute Gasteiger partial charge is 0.352 e. The predicted octanol–water partition coefficient (Wildman–Crippen LogP) is 0.266. The minimum Gasteiger partial charge on any atom is -0.352 e. The molecule has 1 saturated heterocycles.